The van der Waals surface area contributed by atoms with E-state index in [0.717, 1.165) is 10.8 Å². The summed E-state index contributed by atoms with van der Waals surface area (Å²) in [6.07, 6.45) is 1.65. The van der Waals surface area contributed by atoms with Gasteiger partial charge in [0.05, 0.1) is 24.6 Å². The SMILES string of the molecule is COc1cc2nccc(Oc3ccc(NS(=O)(=O)c4cccc5ccccc45)cc3)c2cc1OC. The number of sulfonamides is 1. The van der Waals surface area contributed by atoms with Crippen molar-refractivity contribution in [1.29, 1.82) is 0 Å². The predicted molar refractivity (Wildman–Crippen MR) is 136 cm³/mol. The Hall–Kier alpha value is -4.30. The average Bonchev–Trinajstić information content (AvgIpc) is 2.88. The molecule has 8 heteroatoms. The van der Waals surface area contributed by atoms with Gasteiger partial charge in [-0.2, -0.15) is 0 Å². The maximum Gasteiger partial charge on any atom is 0.262 e. The van der Waals surface area contributed by atoms with Crippen LogP contribution in [0.15, 0.2) is 96.0 Å². The minimum atomic E-state index is -3.78. The highest BCUT2D eigenvalue weighted by Gasteiger charge is 2.17. The quantitative estimate of drug-likeness (QED) is 0.304. The number of hydrogen-bond donors (Lipinski definition) is 1. The number of aromatic nitrogens is 1. The summed E-state index contributed by atoms with van der Waals surface area (Å²) in [5.41, 5.74) is 1.12. The molecule has 0 unspecified atom stereocenters. The number of benzene rings is 4. The summed E-state index contributed by atoms with van der Waals surface area (Å²) in [6, 6.07) is 24.7. The molecule has 0 saturated carbocycles. The molecule has 5 rings (SSSR count). The molecule has 0 bridgehead atoms. The van der Waals surface area contributed by atoms with E-state index in [9.17, 15) is 8.42 Å². The average molecular weight is 487 g/mol. The van der Waals surface area contributed by atoms with Crippen LogP contribution in [-0.4, -0.2) is 27.6 Å². The highest BCUT2D eigenvalue weighted by atomic mass is 32.2. The van der Waals surface area contributed by atoms with E-state index in [1.54, 1.807) is 75.0 Å². The molecule has 0 spiro atoms. The molecule has 4 aromatic carbocycles. The standard InChI is InChI=1S/C27H22N2O5S/c1-32-25-16-22-23(17-26(25)33-2)28-15-14-24(22)34-20-12-10-19(11-13-20)29-35(30,31)27-9-5-7-18-6-3-4-8-21(18)27/h3-17,29H,1-2H3. The summed E-state index contributed by atoms with van der Waals surface area (Å²) in [5.74, 6) is 2.27. The molecule has 1 aromatic heterocycles. The minimum absolute atomic E-state index is 0.226. The largest absolute Gasteiger partial charge is 0.493 e. The minimum Gasteiger partial charge on any atom is -0.493 e. The van der Waals surface area contributed by atoms with Crippen LogP contribution in [0.3, 0.4) is 0 Å². The van der Waals surface area contributed by atoms with E-state index in [1.165, 1.54) is 0 Å². The normalized spacial score (nSPS) is 11.4. The van der Waals surface area contributed by atoms with Crippen LogP contribution in [0, 0.1) is 0 Å². The molecule has 0 atom stereocenters. The molecule has 1 heterocycles. The van der Waals surface area contributed by atoms with Crippen LogP contribution < -0.4 is 18.9 Å². The van der Waals surface area contributed by atoms with Crippen molar-refractivity contribution in [2.24, 2.45) is 0 Å². The van der Waals surface area contributed by atoms with Gasteiger partial charge in [0.1, 0.15) is 11.5 Å². The number of nitrogens with zero attached hydrogens (tertiary/aromatic N) is 1. The second-order valence-corrected chi connectivity index (χ2v) is 9.39. The third kappa shape index (κ3) is 4.43. The molecule has 0 radical (unpaired) electrons. The molecule has 5 aromatic rings. The molecular weight excluding hydrogens is 464 g/mol. The number of fused-ring (bicyclic) bond motifs is 2. The van der Waals surface area contributed by atoms with E-state index in [0.29, 0.717) is 39.6 Å². The molecule has 0 amide bonds. The van der Waals surface area contributed by atoms with Crippen molar-refractivity contribution < 1.29 is 22.6 Å². The lowest BCUT2D eigenvalue weighted by molar-refractivity contribution is 0.355. The molecule has 0 aliphatic carbocycles. The lowest BCUT2D eigenvalue weighted by Gasteiger charge is -2.13. The van der Waals surface area contributed by atoms with Gasteiger partial charge in [0.15, 0.2) is 11.5 Å². The van der Waals surface area contributed by atoms with Crippen LogP contribution in [0.5, 0.6) is 23.0 Å². The summed E-state index contributed by atoms with van der Waals surface area (Å²) in [5, 5.41) is 2.28. The Bertz CT molecular complexity index is 1630. The van der Waals surface area contributed by atoms with Gasteiger partial charge in [-0.1, -0.05) is 36.4 Å². The van der Waals surface area contributed by atoms with Gasteiger partial charge in [0.25, 0.3) is 10.0 Å². The Morgan fingerprint density at radius 1 is 0.743 bits per heavy atom. The lowest BCUT2D eigenvalue weighted by atomic mass is 10.1. The maximum atomic E-state index is 13.1. The van der Waals surface area contributed by atoms with Gasteiger partial charge >= 0.3 is 0 Å². The third-order valence-corrected chi connectivity index (χ3v) is 7.02. The van der Waals surface area contributed by atoms with E-state index in [4.69, 9.17) is 14.2 Å². The highest BCUT2D eigenvalue weighted by Crippen LogP contribution is 2.37. The van der Waals surface area contributed by atoms with Crippen molar-refractivity contribution in [1.82, 2.24) is 4.98 Å². The van der Waals surface area contributed by atoms with Crippen molar-refractivity contribution in [3.63, 3.8) is 0 Å². The zero-order valence-electron chi connectivity index (χ0n) is 19.1. The molecule has 0 aliphatic rings. The molecule has 0 saturated heterocycles. The van der Waals surface area contributed by atoms with Gasteiger partial charge in [-0.25, -0.2) is 8.42 Å². The fraction of sp³-hybridized carbons (Fsp3) is 0.0741. The summed E-state index contributed by atoms with van der Waals surface area (Å²) < 4.78 is 45.6. The van der Waals surface area contributed by atoms with Crippen LogP contribution in [0.4, 0.5) is 5.69 Å². The van der Waals surface area contributed by atoms with E-state index in [-0.39, 0.29) is 4.90 Å². The number of hydrogen-bond acceptors (Lipinski definition) is 6. The van der Waals surface area contributed by atoms with E-state index < -0.39 is 10.0 Å². The van der Waals surface area contributed by atoms with Crippen LogP contribution >= 0.6 is 0 Å². The van der Waals surface area contributed by atoms with Gasteiger partial charge < -0.3 is 14.2 Å². The summed E-state index contributed by atoms with van der Waals surface area (Å²) in [6.45, 7) is 0. The van der Waals surface area contributed by atoms with Gasteiger partial charge in [-0.05, 0) is 47.9 Å². The van der Waals surface area contributed by atoms with Crippen LogP contribution in [0.1, 0.15) is 0 Å². The zero-order chi connectivity index (χ0) is 24.4. The highest BCUT2D eigenvalue weighted by molar-refractivity contribution is 7.93. The summed E-state index contributed by atoms with van der Waals surface area (Å²) in [7, 11) is -0.642. The fourth-order valence-corrected chi connectivity index (χ4v) is 5.18. The van der Waals surface area contributed by atoms with Gasteiger partial charge in [0, 0.05) is 28.7 Å². The first-order valence-electron chi connectivity index (χ1n) is 10.8. The lowest BCUT2D eigenvalue weighted by Crippen LogP contribution is -2.13. The second-order valence-electron chi connectivity index (χ2n) is 7.74. The Morgan fingerprint density at radius 2 is 1.46 bits per heavy atom. The first-order valence-corrected chi connectivity index (χ1v) is 12.3. The van der Waals surface area contributed by atoms with Crippen LogP contribution in [0.25, 0.3) is 21.7 Å². The van der Waals surface area contributed by atoms with E-state index in [1.807, 2.05) is 30.3 Å². The predicted octanol–water partition coefficient (Wildman–Crippen LogP) is 6.00. The molecule has 7 nitrogen and oxygen atoms in total. The molecule has 0 fully saturated rings. The topological polar surface area (TPSA) is 86.8 Å². The monoisotopic (exact) mass is 486 g/mol. The fourth-order valence-electron chi connectivity index (χ4n) is 3.89. The number of methoxy groups -OCH3 is 2. The number of rotatable bonds is 7. The van der Waals surface area contributed by atoms with Crippen molar-refractivity contribution >= 4 is 37.4 Å². The van der Waals surface area contributed by atoms with Gasteiger partial charge in [-0.15, -0.1) is 0 Å². The number of pyridine rings is 1. The Kier molecular flexibility index (Phi) is 5.88. The Balaban J connectivity index is 1.40. The van der Waals surface area contributed by atoms with Crippen molar-refractivity contribution in [3.05, 3.63) is 91.1 Å². The van der Waals surface area contributed by atoms with E-state index in [2.05, 4.69) is 9.71 Å². The van der Waals surface area contributed by atoms with Crippen molar-refractivity contribution in [3.8, 4) is 23.0 Å². The Morgan fingerprint density at radius 3 is 2.23 bits per heavy atom. The Labute approximate surface area is 203 Å². The molecule has 0 aliphatic heterocycles. The molecule has 176 valence electrons. The zero-order valence-corrected chi connectivity index (χ0v) is 19.9. The first-order chi connectivity index (χ1) is 17.0. The summed E-state index contributed by atoms with van der Waals surface area (Å²) in [4.78, 5) is 4.61. The van der Waals surface area contributed by atoms with E-state index >= 15 is 0 Å². The smallest absolute Gasteiger partial charge is 0.262 e. The number of ether oxygens (including phenoxy) is 3. The first kappa shape index (κ1) is 22.5. The second kappa shape index (κ2) is 9.15. The number of anilines is 1. The van der Waals surface area contributed by atoms with Gasteiger partial charge in [-0.3, -0.25) is 9.71 Å². The number of nitrogens with one attached hydrogen (secondary N) is 1. The molecule has 1 N–H and O–H groups in total. The maximum absolute atomic E-state index is 13.1. The van der Waals surface area contributed by atoms with Gasteiger partial charge in [0.2, 0.25) is 0 Å². The van der Waals surface area contributed by atoms with Crippen molar-refractivity contribution in [2.45, 2.75) is 4.90 Å². The molecular formula is C27H22N2O5S. The van der Waals surface area contributed by atoms with Crippen LogP contribution in [0.2, 0.25) is 0 Å². The summed E-state index contributed by atoms with van der Waals surface area (Å²) >= 11 is 0. The molecule has 35 heavy (non-hydrogen) atoms. The van der Waals surface area contributed by atoms with Crippen LogP contribution in [-0.2, 0) is 10.0 Å². The van der Waals surface area contributed by atoms with Crippen molar-refractivity contribution in [2.75, 3.05) is 18.9 Å². The third-order valence-electron chi connectivity index (χ3n) is 5.58.